The van der Waals surface area contributed by atoms with Crippen molar-refractivity contribution in [2.45, 2.75) is 27.7 Å². The van der Waals surface area contributed by atoms with E-state index in [1.165, 1.54) is 36.4 Å². The summed E-state index contributed by atoms with van der Waals surface area (Å²) >= 11 is 0. The zero-order valence-electron chi connectivity index (χ0n) is 23.8. The molecule has 4 aromatic carbocycles. The van der Waals surface area contributed by atoms with Gasteiger partial charge in [0.25, 0.3) is 35.9 Å². The quantitative estimate of drug-likeness (QED) is 0.105. The molecule has 0 saturated heterocycles. The monoisotopic (exact) mass is 698 g/mol. The number of benzene rings is 4. The van der Waals surface area contributed by atoms with E-state index in [2.05, 4.69) is 10.3 Å². The van der Waals surface area contributed by atoms with E-state index in [9.17, 15) is 53.6 Å². The first-order chi connectivity index (χ1) is 21.9. The van der Waals surface area contributed by atoms with Crippen LogP contribution in [0, 0.1) is 6.92 Å². The minimum absolute atomic E-state index is 0.116. The molecule has 6 N–H and O–H groups in total. The van der Waals surface area contributed by atoms with Gasteiger partial charge in [0.2, 0.25) is 0 Å². The summed E-state index contributed by atoms with van der Waals surface area (Å²) in [6.07, 6.45) is -1.59. The molecule has 1 aromatic heterocycles. The predicted molar refractivity (Wildman–Crippen MR) is 168 cm³/mol. The molecule has 5 aromatic rings. The SMILES string of the molecule is Cc1ccc(S(=O)(=O)O)c(Nc2cc(S(=O)(=O)O)c3[nH]c(=O)c(C(=O)c4cccc(S(=O)(=O)O)c4)c4c3c2C(O)c2ccccc2-4)c1. The van der Waals surface area contributed by atoms with Crippen molar-refractivity contribution < 1.29 is 48.8 Å². The first-order valence-corrected chi connectivity index (χ1v) is 17.7. The van der Waals surface area contributed by atoms with Gasteiger partial charge in [0.05, 0.1) is 21.7 Å². The lowest BCUT2D eigenvalue weighted by Crippen LogP contribution is -2.25. The number of carbonyl (C=O) groups is 1. The molecule has 1 unspecified atom stereocenters. The summed E-state index contributed by atoms with van der Waals surface area (Å²) in [7, 11) is -14.8. The largest absolute Gasteiger partial charge is 0.384 e. The Labute approximate surface area is 266 Å². The van der Waals surface area contributed by atoms with Gasteiger partial charge in [0, 0.05) is 27.8 Å². The summed E-state index contributed by atoms with van der Waals surface area (Å²) in [6.45, 7) is 1.61. The Kier molecular flexibility index (Phi) is 7.48. The normalized spacial score (nSPS) is 14.5. The number of aromatic amines is 1. The number of nitrogens with one attached hydrogen (secondary N) is 2. The number of aliphatic hydroxyl groups is 1. The third-order valence-corrected chi connectivity index (χ3v) is 10.3. The van der Waals surface area contributed by atoms with Gasteiger partial charge in [-0.15, -0.1) is 0 Å². The average Bonchev–Trinajstić information content (AvgIpc) is 2.98. The van der Waals surface area contributed by atoms with Crippen molar-refractivity contribution in [2.24, 2.45) is 0 Å². The molecule has 1 aliphatic carbocycles. The third-order valence-electron chi connectivity index (χ3n) is 7.68. The molecule has 0 aliphatic heterocycles. The molecule has 1 atom stereocenters. The van der Waals surface area contributed by atoms with Crippen LogP contribution in [0.5, 0.6) is 0 Å². The Hall–Kier alpha value is -4.75. The van der Waals surface area contributed by atoms with Crippen LogP contribution >= 0.6 is 0 Å². The molecule has 0 bridgehead atoms. The molecule has 242 valence electrons. The van der Waals surface area contributed by atoms with Gasteiger partial charge in [0.1, 0.15) is 15.9 Å². The van der Waals surface area contributed by atoms with Crippen molar-refractivity contribution >= 4 is 58.4 Å². The summed E-state index contributed by atoms with van der Waals surface area (Å²) in [5.41, 5.74) is -2.63. The molecule has 6 rings (SSSR count). The topological polar surface area (TPSA) is 245 Å². The van der Waals surface area contributed by atoms with Crippen LogP contribution in [0.3, 0.4) is 0 Å². The maximum atomic E-state index is 14.0. The molecule has 1 aliphatic rings. The molecule has 0 saturated carbocycles. The zero-order valence-corrected chi connectivity index (χ0v) is 26.2. The summed E-state index contributed by atoms with van der Waals surface area (Å²) in [5, 5.41) is 14.2. The fraction of sp³-hybridized carbons (Fsp3) is 0.0667. The Morgan fingerprint density at radius 2 is 1.47 bits per heavy atom. The highest BCUT2D eigenvalue weighted by Gasteiger charge is 2.36. The molecule has 14 nitrogen and oxygen atoms in total. The van der Waals surface area contributed by atoms with Gasteiger partial charge in [-0.25, -0.2) is 0 Å². The minimum Gasteiger partial charge on any atom is -0.384 e. The van der Waals surface area contributed by atoms with Crippen LogP contribution in [0.4, 0.5) is 11.4 Å². The minimum atomic E-state index is -5.17. The Morgan fingerprint density at radius 1 is 0.787 bits per heavy atom. The molecule has 0 radical (unpaired) electrons. The number of aromatic nitrogens is 1. The highest BCUT2D eigenvalue weighted by molar-refractivity contribution is 7.86. The van der Waals surface area contributed by atoms with Crippen LogP contribution in [-0.4, -0.2) is 54.8 Å². The standard InChI is InChI=1S/C30H22N2O12S3/c1-14-9-10-21(46(39,40)41)19(11-14)31-20-13-22(47(42,43)44)27-25-23(17-7-2-3-8-18(17)29(34)24(20)25)26(30(35)32-27)28(33)15-5-4-6-16(12-15)45(36,37)38/h2-13,29,31,34H,1H3,(H,32,35)(H,36,37,38)(H,39,40,41)(H,42,43,44). The predicted octanol–water partition coefficient (Wildman–Crippen LogP) is 3.61. The lowest BCUT2D eigenvalue weighted by molar-refractivity contribution is 0.103. The van der Waals surface area contributed by atoms with Crippen LogP contribution in [0.2, 0.25) is 0 Å². The number of aryl methyl sites for hydroxylation is 1. The van der Waals surface area contributed by atoms with E-state index in [4.69, 9.17) is 0 Å². The van der Waals surface area contributed by atoms with Crippen LogP contribution in [-0.2, 0) is 30.4 Å². The van der Waals surface area contributed by atoms with Crippen molar-refractivity contribution in [3.8, 4) is 11.1 Å². The summed E-state index contributed by atoms with van der Waals surface area (Å²) in [6, 6.07) is 14.9. The Balaban J connectivity index is 1.77. The van der Waals surface area contributed by atoms with E-state index >= 15 is 0 Å². The number of aliphatic hydroxyl groups excluding tert-OH is 1. The first-order valence-electron chi connectivity index (χ1n) is 13.4. The zero-order chi connectivity index (χ0) is 34.2. The summed E-state index contributed by atoms with van der Waals surface area (Å²) < 4.78 is 103. The van der Waals surface area contributed by atoms with Gasteiger partial charge >= 0.3 is 0 Å². The van der Waals surface area contributed by atoms with Crippen LogP contribution in [0.15, 0.2) is 92.3 Å². The van der Waals surface area contributed by atoms with Gasteiger partial charge < -0.3 is 15.4 Å². The molecule has 0 fully saturated rings. The van der Waals surface area contributed by atoms with Crippen LogP contribution in [0.1, 0.15) is 38.7 Å². The van der Waals surface area contributed by atoms with E-state index in [0.29, 0.717) is 5.56 Å². The van der Waals surface area contributed by atoms with Crippen molar-refractivity contribution in [1.82, 2.24) is 4.98 Å². The number of hydrogen-bond donors (Lipinski definition) is 6. The van der Waals surface area contributed by atoms with Gasteiger partial charge in [-0.1, -0.05) is 42.5 Å². The van der Waals surface area contributed by atoms with Crippen LogP contribution < -0.4 is 10.9 Å². The average molecular weight is 699 g/mol. The van der Waals surface area contributed by atoms with E-state index in [0.717, 1.165) is 30.3 Å². The van der Waals surface area contributed by atoms with E-state index in [-0.39, 0.29) is 44.6 Å². The number of anilines is 2. The van der Waals surface area contributed by atoms with E-state index < -0.39 is 73.6 Å². The fourth-order valence-corrected chi connectivity index (χ4v) is 7.55. The van der Waals surface area contributed by atoms with Crippen LogP contribution in [0.25, 0.3) is 22.0 Å². The first kappa shape index (κ1) is 32.2. The number of fused-ring (bicyclic) bond motifs is 2. The molecule has 0 amide bonds. The summed E-state index contributed by atoms with van der Waals surface area (Å²) in [5.74, 6) is -1.04. The second kappa shape index (κ2) is 10.9. The lowest BCUT2D eigenvalue weighted by atomic mass is 9.79. The highest BCUT2D eigenvalue weighted by Crippen LogP contribution is 2.50. The molecular weight excluding hydrogens is 677 g/mol. The molecule has 47 heavy (non-hydrogen) atoms. The maximum absolute atomic E-state index is 14.0. The van der Waals surface area contributed by atoms with Crippen molar-refractivity contribution in [3.63, 3.8) is 0 Å². The van der Waals surface area contributed by atoms with Gasteiger partial charge in [-0.05, 0) is 53.9 Å². The van der Waals surface area contributed by atoms with Crippen molar-refractivity contribution in [3.05, 3.63) is 111 Å². The third kappa shape index (κ3) is 5.52. The molecule has 0 spiro atoms. The van der Waals surface area contributed by atoms with Crippen molar-refractivity contribution in [2.75, 3.05) is 5.32 Å². The number of ketones is 1. The van der Waals surface area contributed by atoms with E-state index in [1.807, 2.05) is 0 Å². The second-order valence-corrected chi connectivity index (χ2v) is 14.9. The van der Waals surface area contributed by atoms with E-state index in [1.54, 1.807) is 13.0 Å². The molecule has 1 heterocycles. The lowest BCUT2D eigenvalue weighted by Gasteiger charge is -2.29. The highest BCUT2D eigenvalue weighted by atomic mass is 32.2. The molecule has 17 heteroatoms. The van der Waals surface area contributed by atoms with Gasteiger partial charge in [-0.2, -0.15) is 25.3 Å². The number of carbonyl (C=O) groups excluding carboxylic acids is 1. The summed E-state index contributed by atoms with van der Waals surface area (Å²) in [4.78, 5) is 27.9. The number of pyridine rings is 1. The number of rotatable bonds is 7. The Bertz CT molecular complexity index is 2600. The number of H-pyrrole nitrogens is 1. The fourth-order valence-electron chi connectivity index (χ4n) is 5.72. The van der Waals surface area contributed by atoms with Gasteiger partial charge in [0.15, 0.2) is 5.78 Å². The molecular formula is C30H22N2O12S3. The Morgan fingerprint density at radius 3 is 2.13 bits per heavy atom. The van der Waals surface area contributed by atoms with Crippen molar-refractivity contribution in [1.29, 1.82) is 0 Å². The maximum Gasteiger partial charge on any atom is 0.296 e. The second-order valence-electron chi connectivity index (χ2n) is 10.7. The number of hydrogen-bond acceptors (Lipinski definition) is 10. The smallest absolute Gasteiger partial charge is 0.296 e. The van der Waals surface area contributed by atoms with Gasteiger partial charge in [-0.3, -0.25) is 23.2 Å².